The zero-order valence-electron chi connectivity index (χ0n) is 13.3. The summed E-state index contributed by atoms with van der Waals surface area (Å²) in [5.74, 6) is -3.22. The van der Waals surface area contributed by atoms with Gasteiger partial charge in [0, 0.05) is 17.6 Å². The van der Waals surface area contributed by atoms with E-state index in [2.05, 4.69) is 18.9 Å². The molecule has 0 aliphatic heterocycles. The van der Waals surface area contributed by atoms with Crippen molar-refractivity contribution < 1.29 is 47.2 Å². The van der Waals surface area contributed by atoms with Gasteiger partial charge >= 0.3 is 23.9 Å². The SMILES string of the molecule is CPOCOC(=O)CC(=O)OCCOC(=O)CC(=O)OCOPC. The van der Waals surface area contributed by atoms with E-state index in [4.69, 9.17) is 9.05 Å². The Bertz CT molecular complexity index is 377. The quantitative estimate of drug-likeness (QED) is 0.109. The minimum absolute atomic E-state index is 0.167. The van der Waals surface area contributed by atoms with Crippen LogP contribution >= 0.6 is 17.6 Å². The Hall–Kier alpha value is -1.34. The molecule has 0 saturated carbocycles. The highest BCUT2D eigenvalue weighted by atomic mass is 31.1. The monoisotopic (exact) mass is 386 g/mol. The van der Waals surface area contributed by atoms with Crippen LogP contribution in [0.3, 0.4) is 0 Å². The summed E-state index contributed by atoms with van der Waals surface area (Å²) in [7, 11) is 0.334. The summed E-state index contributed by atoms with van der Waals surface area (Å²) in [5, 5.41) is 0. The van der Waals surface area contributed by atoms with Crippen LogP contribution in [0.4, 0.5) is 0 Å². The van der Waals surface area contributed by atoms with Crippen LogP contribution in [0.25, 0.3) is 0 Å². The third-order valence-electron chi connectivity index (χ3n) is 2.03. The molecule has 0 amide bonds. The largest absolute Gasteiger partial charge is 0.462 e. The molecule has 2 unspecified atom stereocenters. The number of hydrogen-bond donors (Lipinski definition) is 0. The van der Waals surface area contributed by atoms with E-state index in [1.807, 2.05) is 0 Å². The highest BCUT2D eigenvalue weighted by Gasteiger charge is 2.14. The van der Waals surface area contributed by atoms with E-state index in [9.17, 15) is 19.2 Å². The molecule has 0 N–H and O–H groups in total. The van der Waals surface area contributed by atoms with Gasteiger partial charge in [-0.1, -0.05) is 0 Å². The molecule has 0 rings (SSSR count). The number of hydrogen-bond acceptors (Lipinski definition) is 10. The van der Waals surface area contributed by atoms with E-state index in [0.717, 1.165) is 0 Å². The standard InChI is InChI=1S/C12H20O10P2/c1-23-21-7-19-11(15)5-9(13)17-3-4-18-10(14)6-12(16)20-8-22-24-2/h23-24H,3-8H2,1-2H3. The number of carbonyl (C=O) groups excluding carboxylic acids is 4. The maximum Gasteiger partial charge on any atom is 0.319 e. The molecule has 138 valence electrons. The van der Waals surface area contributed by atoms with Gasteiger partial charge in [-0.25, -0.2) is 0 Å². The van der Waals surface area contributed by atoms with Crippen LogP contribution < -0.4 is 0 Å². The van der Waals surface area contributed by atoms with E-state index in [-0.39, 0.29) is 44.4 Å². The summed E-state index contributed by atoms with van der Waals surface area (Å²) in [4.78, 5) is 44.8. The Morgan fingerprint density at radius 1 is 0.625 bits per heavy atom. The van der Waals surface area contributed by atoms with Crippen LogP contribution in [0.5, 0.6) is 0 Å². The molecule has 10 nitrogen and oxygen atoms in total. The molecule has 0 heterocycles. The van der Waals surface area contributed by atoms with Crippen molar-refractivity contribution in [2.24, 2.45) is 0 Å². The molecule has 24 heavy (non-hydrogen) atoms. The Morgan fingerprint density at radius 3 is 1.29 bits per heavy atom. The molecule has 0 fully saturated rings. The van der Waals surface area contributed by atoms with Crippen molar-refractivity contribution in [2.75, 3.05) is 40.1 Å². The minimum Gasteiger partial charge on any atom is -0.462 e. The topological polar surface area (TPSA) is 124 Å². The summed E-state index contributed by atoms with van der Waals surface area (Å²) in [6.07, 6.45) is -1.15. The Labute approximate surface area is 142 Å². The second-order valence-corrected chi connectivity index (χ2v) is 5.15. The lowest BCUT2D eigenvalue weighted by Gasteiger charge is -2.07. The minimum atomic E-state index is -0.827. The van der Waals surface area contributed by atoms with Crippen molar-refractivity contribution in [3.8, 4) is 0 Å². The average molecular weight is 386 g/mol. The summed E-state index contributed by atoms with van der Waals surface area (Å²) < 4.78 is 28.1. The second kappa shape index (κ2) is 15.2. The van der Waals surface area contributed by atoms with Gasteiger partial charge in [-0.2, -0.15) is 0 Å². The van der Waals surface area contributed by atoms with Gasteiger partial charge in [0.1, 0.15) is 26.1 Å². The Morgan fingerprint density at radius 2 is 0.958 bits per heavy atom. The van der Waals surface area contributed by atoms with Crippen LogP contribution in [0.15, 0.2) is 0 Å². The molecule has 0 aromatic rings. The predicted octanol–water partition coefficient (Wildman–Crippen LogP) is 0.334. The van der Waals surface area contributed by atoms with Crippen LogP contribution in [0.1, 0.15) is 12.8 Å². The van der Waals surface area contributed by atoms with E-state index >= 15 is 0 Å². The number of ether oxygens (including phenoxy) is 4. The lowest BCUT2D eigenvalue weighted by molar-refractivity contribution is -0.163. The van der Waals surface area contributed by atoms with Crippen molar-refractivity contribution >= 4 is 41.5 Å². The van der Waals surface area contributed by atoms with Gasteiger partial charge in [0.15, 0.2) is 13.6 Å². The lowest BCUT2D eigenvalue weighted by atomic mass is 10.4. The first-order valence-electron chi connectivity index (χ1n) is 6.69. The van der Waals surface area contributed by atoms with Crippen molar-refractivity contribution in [3.05, 3.63) is 0 Å². The fraction of sp³-hybridized carbons (Fsp3) is 0.667. The molecule has 0 aliphatic carbocycles. The predicted molar refractivity (Wildman–Crippen MR) is 83.7 cm³/mol. The lowest BCUT2D eigenvalue weighted by Crippen LogP contribution is -2.19. The van der Waals surface area contributed by atoms with Crippen molar-refractivity contribution in [3.63, 3.8) is 0 Å². The van der Waals surface area contributed by atoms with E-state index in [0.29, 0.717) is 0 Å². The first-order valence-corrected chi connectivity index (χ1v) is 9.50. The first kappa shape index (κ1) is 22.7. The molecule has 2 atom stereocenters. The molecule has 0 saturated heterocycles. The normalized spacial score (nSPS) is 10.9. The summed E-state index contributed by atoms with van der Waals surface area (Å²) >= 11 is 0. The molecule has 0 aromatic heterocycles. The number of carbonyl (C=O) groups is 4. The maximum absolute atomic E-state index is 11.3. The van der Waals surface area contributed by atoms with Crippen LogP contribution in [0.2, 0.25) is 0 Å². The van der Waals surface area contributed by atoms with Gasteiger partial charge in [-0.3, -0.25) is 19.2 Å². The smallest absolute Gasteiger partial charge is 0.319 e. The average Bonchev–Trinajstić information content (AvgIpc) is 2.52. The van der Waals surface area contributed by atoms with Crippen molar-refractivity contribution in [1.82, 2.24) is 0 Å². The van der Waals surface area contributed by atoms with E-state index in [1.165, 1.54) is 0 Å². The maximum atomic E-state index is 11.3. The van der Waals surface area contributed by atoms with Gasteiger partial charge in [-0.05, 0) is 13.3 Å². The molecule has 12 heteroatoms. The highest BCUT2D eigenvalue weighted by molar-refractivity contribution is 7.31. The molecule has 0 aromatic carbocycles. The fourth-order valence-electron chi connectivity index (χ4n) is 1.06. The van der Waals surface area contributed by atoms with E-state index in [1.54, 1.807) is 13.3 Å². The molecule has 0 radical (unpaired) electrons. The zero-order chi connectivity index (χ0) is 18.2. The fourth-order valence-corrected chi connectivity index (χ4v) is 1.41. The van der Waals surface area contributed by atoms with E-state index < -0.39 is 36.7 Å². The molecule has 0 bridgehead atoms. The van der Waals surface area contributed by atoms with Crippen molar-refractivity contribution in [1.29, 1.82) is 0 Å². The summed E-state index contributed by atoms with van der Waals surface area (Å²) in [6.45, 7) is 2.56. The summed E-state index contributed by atoms with van der Waals surface area (Å²) in [6, 6.07) is 0. The first-order chi connectivity index (χ1) is 11.5. The van der Waals surface area contributed by atoms with Gasteiger partial charge < -0.3 is 28.0 Å². The third-order valence-corrected chi connectivity index (χ3v) is 2.85. The molecule has 0 spiro atoms. The van der Waals surface area contributed by atoms with Crippen molar-refractivity contribution in [2.45, 2.75) is 12.8 Å². The van der Waals surface area contributed by atoms with Gasteiger partial charge in [-0.15, -0.1) is 0 Å². The van der Waals surface area contributed by atoms with Crippen LogP contribution in [0, 0.1) is 0 Å². The molecule has 0 aliphatic rings. The van der Waals surface area contributed by atoms with Crippen LogP contribution in [-0.2, 0) is 47.2 Å². The Balaban J connectivity index is 3.66. The van der Waals surface area contributed by atoms with Crippen LogP contribution in [-0.4, -0.2) is 64.0 Å². The summed E-state index contributed by atoms with van der Waals surface area (Å²) in [5.41, 5.74) is 0. The van der Waals surface area contributed by atoms with Gasteiger partial charge in [0.25, 0.3) is 0 Å². The molecular formula is C12H20O10P2. The third kappa shape index (κ3) is 14.3. The zero-order valence-corrected chi connectivity index (χ0v) is 15.3. The Kier molecular flexibility index (Phi) is 14.4. The second-order valence-electron chi connectivity index (χ2n) is 3.76. The highest BCUT2D eigenvalue weighted by Crippen LogP contribution is 2.04. The molecular weight excluding hydrogens is 366 g/mol. The van der Waals surface area contributed by atoms with Gasteiger partial charge in [0.05, 0.1) is 0 Å². The number of esters is 4. The van der Waals surface area contributed by atoms with Gasteiger partial charge in [0.2, 0.25) is 0 Å². The number of rotatable bonds is 13.